The van der Waals surface area contributed by atoms with Crippen LogP contribution in [0.3, 0.4) is 0 Å². The van der Waals surface area contributed by atoms with E-state index in [2.05, 4.69) is 26.6 Å². The molecule has 9 amide bonds. The Labute approximate surface area is 551 Å². The number of ether oxygens (including phenoxy) is 8. The van der Waals surface area contributed by atoms with Crippen molar-refractivity contribution in [3.05, 3.63) is 0 Å². The van der Waals surface area contributed by atoms with E-state index >= 15 is 0 Å². The third-order valence-corrected chi connectivity index (χ3v) is 18.6. The van der Waals surface area contributed by atoms with Gasteiger partial charge < -0.3 is 146 Å². The molecule has 7 saturated heterocycles. The fraction of sp³-hybridized carbons (Fsp3) is 0.845. The molecular formula is C58H95N9O29. The molecule has 7 rings (SSSR count). The van der Waals surface area contributed by atoms with Crippen LogP contribution in [0.2, 0.25) is 0 Å². The van der Waals surface area contributed by atoms with Crippen LogP contribution in [0.4, 0.5) is 0 Å². The van der Waals surface area contributed by atoms with Crippen LogP contribution in [-0.4, -0.2) is 347 Å². The Hall–Kier alpha value is -5.57. The first-order valence-corrected chi connectivity index (χ1v) is 32.1. The number of primary amides is 1. The number of hydrogen-bond acceptors (Lipinski definition) is 29. The number of nitrogens with two attached hydrogens (primary N) is 1. The summed E-state index contributed by atoms with van der Waals surface area (Å²) in [6, 6.07) is -9.35. The second-order valence-corrected chi connectivity index (χ2v) is 25.4. The van der Waals surface area contributed by atoms with Gasteiger partial charge in [0.2, 0.25) is 53.2 Å². The van der Waals surface area contributed by atoms with E-state index < -0.39 is 258 Å². The molecule has 0 aliphatic carbocycles. The van der Waals surface area contributed by atoms with Gasteiger partial charge >= 0.3 is 0 Å². The number of nitrogens with zero attached hydrogens (tertiary/aromatic N) is 3. The SMILES string of the molecule is CC(=O)N1CCCC1C(=O)NCC(=O)NC(CO)C(=O)NC(C(=O)NC(C)C(=O)N1CCCC1C(=O)N1CCCC1C(=O)NC(C)C(N)=O)C(C)O[C@H]1OC(CO[C@@H]2OC(CO)[C@@H](O[C@@H]3OC(CO)[C@H](O)C(O)C3O)C(O)C2C)[C@H](O)C(O[C@@H]2OC(CO)[C@H](O)C(O)C2O)C1C. The number of carbonyl (C=O) groups is 9. The summed E-state index contributed by atoms with van der Waals surface area (Å²) in [7, 11) is 0. The van der Waals surface area contributed by atoms with Gasteiger partial charge in [0.15, 0.2) is 25.2 Å². The highest BCUT2D eigenvalue weighted by Gasteiger charge is 2.54. The molecule has 0 bridgehead atoms. The van der Waals surface area contributed by atoms with E-state index in [4.69, 9.17) is 43.6 Å². The molecule has 0 radical (unpaired) electrons. The average molecular weight is 1380 g/mol. The third kappa shape index (κ3) is 17.9. The van der Waals surface area contributed by atoms with Gasteiger partial charge in [-0.2, -0.15) is 0 Å². The molecule has 38 heteroatoms. The zero-order valence-electron chi connectivity index (χ0n) is 54.0. The quantitative estimate of drug-likeness (QED) is 0.0363. The molecule has 7 heterocycles. The minimum Gasteiger partial charge on any atom is -0.394 e. The first-order chi connectivity index (χ1) is 45.4. The molecule has 28 atom stereocenters. The molecule has 0 aromatic heterocycles. The first-order valence-electron chi connectivity index (χ1n) is 32.1. The summed E-state index contributed by atoms with van der Waals surface area (Å²) in [5, 5.41) is 140. The van der Waals surface area contributed by atoms with Crippen molar-refractivity contribution in [2.75, 3.05) is 59.2 Å². The first kappa shape index (κ1) is 77.8. The Morgan fingerprint density at radius 1 is 0.531 bits per heavy atom. The van der Waals surface area contributed by atoms with E-state index in [0.29, 0.717) is 32.2 Å². The molecule has 0 aromatic carbocycles. The van der Waals surface area contributed by atoms with Crippen LogP contribution < -0.4 is 32.3 Å². The molecular weight excluding hydrogens is 1290 g/mol. The van der Waals surface area contributed by atoms with Crippen molar-refractivity contribution >= 4 is 53.2 Å². The molecule has 19 N–H and O–H groups in total. The number of hydrogen-bond donors (Lipinski definition) is 18. The number of rotatable bonds is 27. The number of aliphatic hydroxyl groups excluding tert-OH is 12. The van der Waals surface area contributed by atoms with Crippen LogP contribution in [0.5, 0.6) is 0 Å². The molecule has 38 nitrogen and oxygen atoms in total. The highest BCUT2D eigenvalue weighted by atomic mass is 16.8. The Morgan fingerprint density at radius 3 is 1.60 bits per heavy atom. The maximum absolute atomic E-state index is 14.9. The summed E-state index contributed by atoms with van der Waals surface area (Å²) in [4.78, 5) is 125. The zero-order valence-corrected chi connectivity index (χ0v) is 54.0. The fourth-order valence-electron chi connectivity index (χ4n) is 12.8. The molecule has 7 aliphatic rings. The molecule has 0 saturated carbocycles. The molecule has 546 valence electrons. The van der Waals surface area contributed by atoms with Gasteiger partial charge in [0, 0.05) is 38.4 Å². The lowest BCUT2D eigenvalue weighted by Gasteiger charge is -2.48. The van der Waals surface area contributed by atoms with Crippen molar-refractivity contribution in [1.29, 1.82) is 0 Å². The lowest BCUT2D eigenvalue weighted by Crippen LogP contribution is -2.64. The Kier molecular flexibility index (Phi) is 27.9. The van der Waals surface area contributed by atoms with Crippen molar-refractivity contribution in [3.63, 3.8) is 0 Å². The number of amides is 9. The minimum atomic E-state index is -2.03. The molecule has 0 spiro atoms. The Balaban J connectivity index is 1.13. The van der Waals surface area contributed by atoms with Gasteiger partial charge in [0.05, 0.1) is 57.9 Å². The maximum atomic E-state index is 14.9. The predicted molar refractivity (Wildman–Crippen MR) is 317 cm³/mol. The second-order valence-electron chi connectivity index (χ2n) is 25.4. The standard InChI is InChI=1S/C58H95N9O29/c1-22-38(74)47(96-58-45(81)43(79)40(76)33(19-70)92-58)34(20-71)93-55(22)89-21-35-41(77)46(95-57-44(80)42(78)39(75)32(18-69)91-57)23(2)56(94-35)90-26(5)37(64-49(83)28(17-68)63-36(73)16-60-50(84)29-10-7-13-65(29)27(6)72)52(86)62-25(4)53(87)67-15-9-12-31(67)54(88)66-14-8-11-30(66)51(85)61-24(3)48(59)82/h22-26,28-35,37-47,55-58,68-71,74-81H,7-21H2,1-6H3,(H2,59,82)(H,60,84)(H,61,85)(H,62,86)(H,63,73)(H,64,83)/t22?,23?,24?,25?,26?,28?,29?,30?,31?,32?,33?,34?,35?,37?,38?,39-,40-,41-,42?,43?,44?,45?,46?,47+,55+,56-,57-,58-/m0/s1. The summed E-state index contributed by atoms with van der Waals surface area (Å²) < 4.78 is 47.8. The zero-order chi connectivity index (χ0) is 70.9. The molecule has 7 fully saturated rings. The van der Waals surface area contributed by atoms with E-state index in [1.807, 2.05) is 0 Å². The summed E-state index contributed by atoms with van der Waals surface area (Å²) >= 11 is 0. The van der Waals surface area contributed by atoms with Gasteiger partial charge in [-0.1, -0.05) is 13.8 Å². The lowest BCUT2D eigenvalue weighted by atomic mass is 9.91. The van der Waals surface area contributed by atoms with Gasteiger partial charge in [0.25, 0.3) is 0 Å². The van der Waals surface area contributed by atoms with Crippen LogP contribution in [0.15, 0.2) is 0 Å². The number of nitrogens with one attached hydrogen (secondary N) is 5. The molecule has 20 unspecified atom stereocenters. The molecule has 96 heavy (non-hydrogen) atoms. The minimum absolute atomic E-state index is 0.0291. The third-order valence-electron chi connectivity index (χ3n) is 18.6. The number of aliphatic hydroxyl groups is 12. The van der Waals surface area contributed by atoms with E-state index in [1.165, 1.54) is 56.2 Å². The summed E-state index contributed by atoms with van der Waals surface area (Å²) in [6.45, 7) is 3.31. The summed E-state index contributed by atoms with van der Waals surface area (Å²) in [6.07, 6.45) is -30.7. The van der Waals surface area contributed by atoms with Gasteiger partial charge in [0.1, 0.15) is 116 Å². The number of likely N-dealkylation sites (tertiary alicyclic amines) is 3. The summed E-state index contributed by atoms with van der Waals surface area (Å²) in [5.41, 5.74) is 5.35. The van der Waals surface area contributed by atoms with Crippen molar-refractivity contribution in [2.45, 2.75) is 239 Å². The van der Waals surface area contributed by atoms with Gasteiger partial charge in [-0.25, -0.2) is 0 Å². The molecule has 0 aromatic rings. The van der Waals surface area contributed by atoms with Gasteiger partial charge in [-0.15, -0.1) is 0 Å². The number of carbonyl (C=O) groups excluding carboxylic acids is 9. The Morgan fingerprint density at radius 2 is 1.05 bits per heavy atom. The van der Waals surface area contributed by atoms with Gasteiger partial charge in [-0.3, -0.25) is 43.2 Å². The van der Waals surface area contributed by atoms with E-state index in [9.17, 15) is 104 Å². The monoisotopic (exact) mass is 1380 g/mol. The van der Waals surface area contributed by atoms with Crippen LogP contribution in [0.25, 0.3) is 0 Å². The van der Waals surface area contributed by atoms with E-state index in [1.54, 1.807) is 0 Å². The van der Waals surface area contributed by atoms with Crippen molar-refractivity contribution in [2.24, 2.45) is 17.6 Å². The van der Waals surface area contributed by atoms with E-state index in [0.717, 1.165) is 0 Å². The highest BCUT2D eigenvalue weighted by molar-refractivity contribution is 5.98. The average Bonchev–Trinajstić information content (AvgIpc) is 1.07. The van der Waals surface area contributed by atoms with Crippen molar-refractivity contribution in [3.8, 4) is 0 Å². The van der Waals surface area contributed by atoms with Crippen molar-refractivity contribution in [1.82, 2.24) is 41.3 Å². The van der Waals surface area contributed by atoms with Crippen LogP contribution in [0.1, 0.15) is 80.1 Å². The van der Waals surface area contributed by atoms with Crippen LogP contribution in [-0.2, 0) is 81.0 Å². The predicted octanol–water partition coefficient (Wildman–Crippen LogP) is -11.2. The maximum Gasteiger partial charge on any atom is 0.246 e. The Bertz CT molecular complexity index is 2690. The van der Waals surface area contributed by atoms with E-state index in [-0.39, 0.29) is 31.8 Å². The highest BCUT2D eigenvalue weighted by Crippen LogP contribution is 2.37. The second kappa shape index (κ2) is 34.5. The normalized spacial score (nSPS) is 37.2. The largest absolute Gasteiger partial charge is 0.394 e. The van der Waals surface area contributed by atoms with Gasteiger partial charge in [-0.05, 0) is 59.3 Å². The summed E-state index contributed by atoms with van der Waals surface area (Å²) in [5.74, 6) is -9.62. The van der Waals surface area contributed by atoms with Crippen molar-refractivity contribution < 1.29 is 142 Å². The van der Waals surface area contributed by atoms with Crippen LogP contribution in [0, 0.1) is 11.8 Å². The van der Waals surface area contributed by atoms with Crippen LogP contribution >= 0.6 is 0 Å². The smallest absolute Gasteiger partial charge is 0.246 e. The molecule has 7 aliphatic heterocycles. The topological polar surface area (TPSA) is 566 Å². The lowest BCUT2D eigenvalue weighted by molar-refractivity contribution is -0.366. The fourth-order valence-corrected chi connectivity index (χ4v) is 12.8.